The molecule has 3 atom stereocenters. The Morgan fingerprint density at radius 2 is 1.91 bits per heavy atom. The Balaban J connectivity index is 1.45. The van der Waals surface area contributed by atoms with Gasteiger partial charge in [-0.2, -0.15) is 19.5 Å². The highest BCUT2D eigenvalue weighted by Crippen LogP contribution is 2.61. The summed E-state index contributed by atoms with van der Waals surface area (Å²) in [6.45, 7) is 2.67. The molecule has 0 spiro atoms. The van der Waals surface area contributed by atoms with E-state index < -0.39 is 32.7 Å². The Morgan fingerprint density at radius 3 is 2.50 bits per heavy atom. The first kappa shape index (κ1) is 22.4. The molecular weight excluding hydrogens is 453 g/mol. The van der Waals surface area contributed by atoms with Crippen molar-refractivity contribution >= 4 is 33.0 Å². The number of carbonyl (C=O) groups is 1. The number of halogens is 1. The fourth-order valence-corrected chi connectivity index (χ4v) is 10.8. The van der Waals surface area contributed by atoms with Crippen LogP contribution in [0.4, 0.5) is 10.1 Å². The van der Waals surface area contributed by atoms with Crippen LogP contribution in [0.5, 0.6) is 0 Å². The molecule has 7 nitrogen and oxygen atoms in total. The summed E-state index contributed by atoms with van der Waals surface area (Å²) in [4.78, 5) is 14.1. The molecule has 6 rings (SSSR count). The van der Waals surface area contributed by atoms with Crippen molar-refractivity contribution in [2.24, 2.45) is 11.8 Å². The van der Waals surface area contributed by atoms with Gasteiger partial charge in [0, 0.05) is 24.3 Å². The summed E-state index contributed by atoms with van der Waals surface area (Å²) in [6, 6.07) is 5.36. The predicted molar refractivity (Wildman–Crippen MR) is 124 cm³/mol. The molecule has 4 aliphatic carbocycles. The number of amides is 1. The first-order chi connectivity index (χ1) is 15.1. The van der Waals surface area contributed by atoms with Crippen LogP contribution >= 0.6 is 11.1 Å². The van der Waals surface area contributed by atoms with Gasteiger partial charge in [-0.05, 0) is 74.6 Å². The van der Waals surface area contributed by atoms with Crippen molar-refractivity contribution in [1.29, 1.82) is 0 Å². The summed E-state index contributed by atoms with van der Waals surface area (Å²) in [5, 5.41) is 0. The van der Waals surface area contributed by atoms with Crippen molar-refractivity contribution in [3.63, 3.8) is 0 Å². The van der Waals surface area contributed by atoms with Gasteiger partial charge in [0.05, 0.1) is 17.1 Å². The molecule has 1 aromatic carbocycles. The molecule has 178 valence electrons. The third-order valence-corrected chi connectivity index (χ3v) is 11.1. The second kappa shape index (κ2) is 7.85. The highest BCUT2D eigenvalue weighted by Gasteiger charge is 2.62. The number of hydrogen-bond donors (Lipinski definition) is 3. The zero-order valence-electron chi connectivity index (χ0n) is 18.3. The molecule has 2 N–H and O–H groups in total. The molecule has 1 amide bonds. The maximum absolute atomic E-state index is 13.5. The van der Waals surface area contributed by atoms with Crippen LogP contribution in [0.15, 0.2) is 24.3 Å². The van der Waals surface area contributed by atoms with Gasteiger partial charge in [-0.3, -0.25) is 14.1 Å². The summed E-state index contributed by atoms with van der Waals surface area (Å²) < 4.78 is 54.3. The lowest BCUT2D eigenvalue weighted by atomic mass is 9.50. The molecule has 10 heteroatoms. The van der Waals surface area contributed by atoms with E-state index in [0.717, 1.165) is 37.4 Å². The third kappa shape index (κ3) is 3.93. The minimum Gasteiger partial charge on any atom is -0.333 e. The summed E-state index contributed by atoms with van der Waals surface area (Å²) in [5.74, 6) is 2.24. The SMILES string of the molecule is CCC(=O)N1CC[SH](NC23CC4CC(C2)CC(N(c2ccc(F)cc2)S(=O)(=O)O)(C4)C3)C1. The number of nitrogens with zero attached hydrogens (tertiary/aromatic N) is 2. The van der Waals surface area contributed by atoms with Crippen molar-refractivity contribution in [3.8, 4) is 0 Å². The first-order valence-corrected chi connectivity index (χ1v) is 14.6. The van der Waals surface area contributed by atoms with E-state index >= 15 is 0 Å². The summed E-state index contributed by atoms with van der Waals surface area (Å²) >= 11 is -0.537. The van der Waals surface area contributed by atoms with E-state index in [1.54, 1.807) is 0 Å². The van der Waals surface area contributed by atoms with Crippen molar-refractivity contribution < 1.29 is 22.2 Å². The maximum atomic E-state index is 13.5. The highest BCUT2D eigenvalue weighted by atomic mass is 32.2. The summed E-state index contributed by atoms with van der Waals surface area (Å²) in [6.07, 6.45) is 5.67. The van der Waals surface area contributed by atoms with Gasteiger partial charge in [0.25, 0.3) is 0 Å². The topological polar surface area (TPSA) is 90.0 Å². The van der Waals surface area contributed by atoms with Crippen LogP contribution in [0.2, 0.25) is 0 Å². The van der Waals surface area contributed by atoms with E-state index in [0.29, 0.717) is 43.2 Å². The largest absolute Gasteiger partial charge is 0.360 e. The highest BCUT2D eigenvalue weighted by molar-refractivity contribution is 8.15. The van der Waals surface area contributed by atoms with E-state index in [1.807, 2.05) is 11.8 Å². The fourth-order valence-electron chi connectivity index (χ4n) is 7.25. The Morgan fingerprint density at radius 1 is 1.25 bits per heavy atom. The second-order valence-corrected chi connectivity index (χ2v) is 13.5. The summed E-state index contributed by atoms with van der Waals surface area (Å²) in [7, 11) is -4.54. The minimum absolute atomic E-state index is 0.177. The Labute approximate surface area is 192 Å². The van der Waals surface area contributed by atoms with Crippen LogP contribution in [0, 0.1) is 17.7 Å². The van der Waals surface area contributed by atoms with Gasteiger partial charge >= 0.3 is 10.3 Å². The average molecular weight is 486 g/mol. The number of anilines is 1. The second-order valence-electron chi connectivity index (χ2n) is 10.2. The van der Waals surface area contributed by atoms with E-state index in [4.69, 9.17) is 0 Å². The van der Waals surface area contributed by atoms with Crippen LogP contribution in [0.3, 0.4) is 0 Å². The molecule has 4 bridgehead atoms. The normalized spacial score (nSPS) is 37.1. The Kier molecular flexibility index (Phi) is 5.51. The number of carbonyl (C=O) groups excluding carboxylic acids is 1. The van der Waals surface area contributed by atoms with Crippen LogP contribution in [0.25, 0.3) is 0 Å². The molecule has 5 fully saturated rings. The molecule has 4 saturated carbocycles. The lowest BCUT2D eigenvalue weighted by Gasteiger charge is -2.64. The quantitative estimate of drug-likeness (QED) is 0.425. The molecule has 1 aromatic rings. The van der Waals surface area contributed by atoms with Crippen molar-refractivity contribution in [1.82, 2.24) is 9.62 Å². The van der Waals surface area contributed by atoms with E-state index in [1.165, 1.54) is 28.6 Å². The monoisotopic (exact) mass is 485 g/mol. The molecule has 0 aromatic heterocycles. The summed E-state index contributed by atoms with van der Waals surface area (Å²) in [5.41, 5.74) is -0.571. The van der Waals surface area contributed by atoms with Crippen LogP contribution in [-0.4, -0.2) is 53.0 Å². The molecule has 1 aliphatic heterocycles. The van der Waals surface area contributed by atoms with Gasteiger partial charge in [-0.15, -0.1) is 0 Å². The van der Waals surface area contributed by atoms with E-state index in [2.05, 4.69) is 4.72 Å². The molecule has 1 heterocycles. The van der Waals surface area contributed by atoms with E-state index in [-0.39, 0.29) is 11.4 Å². The molecule has 32 heavy (non-hydrogen) atoms. The fraction of sp³-hybridized carbons (Fsp3) is 0.682. The van der Waals surface area contributed by atoms with Gasteiger partial charge in [0.2, 0.25) is 5.91 Å². The Hall–Kier alpha value is -1.36. The number of thiol groups is 1. The standard InChI is InChI=1S/C22H32FN3O4S2/c1-2-20(27)25-7-8-31(15-25)24-21-10-16-9-17(11-21)13-22(12-16,14-21)26(32(28,29)30)19-5-3-18(23)4-6-19/h3-6,16-17,24,31H,2,7-15H2,1H3,(H,28,29,30). The van der Waals surface area contributed by atoms with Gasteiger partial charge in [0.1, 0.15) is 5.82 Å². The van der Waals surface area contributed by atoms with E-state index in [9.17, 15) is 22.2 Å². The smallest absolute Gasteiger partial charge is 0.333 e. The van der Waals surface area contributed by atoms with Crippen LogP contribution in [0.1, 0.15) is 51.9 Å². The van der Waals surface area contributed by atoms with Crippen molar-refractivity contribution in [2.75, 3.05) is 22.5 Å². The van der Waals surface area contributed by atoms with Crippen molar-refractivity contribution in [3.05, 3.63) is 30.1 Å². The average Bonchev–Trinajstić information content (AvgIpc) is 3.14. The molecule has 0 radical (unpaired) electrons. The molecule has 3 unspecified atom stereocenters. The minimum atomic E-state index is -4.54. The lowest BCUT2D eigenvalue weighted by molar-refractivity contribution is -0.129. The predicted octanol–water partition coefficient (Wildman–Crippen LogP) is 3.24. The zero-order chi connectivity index (χ0) is 22.7. The van der Waals surface area contributed by atoms with Gasteiger partial charge in [-0.1, -0.05) is 6.92 Å². The molecule has 1 saturated heterocycles. The van der Waals surface area contributed by atoms with Crippen molar-refractivity contribution in [2.45, 2.75) is 62.9 Å². The van der Waals surface area contributed by atoms with Gasteiger partial charge in [-0.25, -0.2) is 8.70 Å². The van der Waals surface area contributed by atoms with Gasteiger partial charge < -0.3 is 4.90 Å². The number of benzene rings is 1. The number of hydrogen-bond acceptors (Lipinski definition) is 4. The van der Waals surface area contributed by atoms with Crippen LogP contribution in [-0.2, 0) is 15.1 Å². The molecule has 5 aliphatic rings. The lowest BCUT2D eigenvalue weighted by Crippen LogP contribution is -2.69. The van der Waals surface area contributed by atoms with Gasteiger partial charge in [0.15, 0.2) is 0 Å². The first-order valence-electron chi connectivity index (χ1n) is 11.5. The number of rotatable bonds is 6. The third-order valence-electron chi connectivity index (χ3n) is 7.78. The maximum Gasteiger partial charge on any atom is 0.360 e. The zero-order valence-corrected chi connectivity index (χ0v) is 20.0. The Bertz CT molecular complexity index is 989. The van der Waals surface area contributed by atoms with Crippen LogP contribution < -0.4 is 9.03 Å². The molecular formula is C22H32FN3O4S2. The number of nitrogens with one attached hydrogen (secondary N) is 1.